The molecule has 0 aliphatic rings. The van der Waals surface area contributed by atoms with Crippen LogP contribution in [0.5, 0.6) is 0 Å². The van der Waals surface area contributed by atoms with Gasteiger partial charge in [-0.05, 0) is 64.5 Å². The second-order valence-electron chi connectivity index (χ2n) is 12.5. The van der Waals surface area contributed by atoms with Crippen LogP contribution in [-0.2, 0) is 0 Å². The van der Waals surface area contributed by atoms with Gasteiger partial charge in [0.25, 0.3) is 0 Å². The van der Waals surface area contributed by atoms with Gasteiger partial charge in [-0.3, -0.25) is 0 Å². The van der Waals surface area contributed by atoms with E-state index in [9.17, 15) is 0 Å². The molecule has 1 nitrogen and oxygen atoms in total. The minimum Gasteiger partial charge on any atom is -0.309 e. The van der Waals surface area contributed by atoms with Crippen molar-refractivity contribution in [1.82, 2.24) is 0 Å². The largest absolute Gasteiger partial charge is 0.309 e. The lowest BCUT2D eigenvalue weighted by Gasteiger charge is -2.29. The van der Waals surface area contributed by atoms with E-state index < -0.39 is 0 Å². The number of benzene rings is 8. The van der Waals surface area contributed by atoms with Gasteiger partial charge >= 0.3 is 0 Å². The lowest BCUT2D eigenvalue weighted by atomic mass is 9.96. The first-order chi connectivity index (χ1) is 24.3. The number of rotatable bonds is 5. The van der Waals surface area contributed by atoms with Crippen LogP contribution in [0.3, 0.4) is 0 Å². The third kappa shape index (κ3) is 4.58. The maximum Gasteiger partial charge on any atom is 0.0540 e. The van der Waals surface area contributed by atoms with Crippen molar-refractivity contribution in [3.05, 3.63) is 176 Å². The Morgan fingerprint density at radius 1 is 0.347 bits per heavy atom. The Balaban J connectivity index is 1.19. The number of thiophene rings is 2. The highest BCUT2D eigenvalue weighted by molar-refractivity contribution is 7.26. The van der Waals surface area contributed by atoms with Crippen molar-refractivity contribution >= 4 is 90.9 Å². The van der Waals surface area contributed by atoms with E-state index >= 15 is 0 Å². The van der Waals surface area contributed by atoms with Crippen molar-refractivity contribution < 1.29 is 0 Å². The van der Waals surface area contributed by atoms with Crippen molar-refractivity contribution in [3.8, 4) is 22.3 Å². The molecular formula is C46H29NS2. The maximum absolute atomic E-state index is 2.45. The summed E-state index contributed by atoms with van der Waals surface area (Å²) < 4.78 is 5.29. The predicted octanol–water partition coefficient (Wildman–Crippen LogP) is 14.4. The molecule has 0 aliphatic carbocycles. The number of hydrogen-bond donors (Lipinski definition) is 0. The summed E-state index contributed by atoms with van der Waals surface area (Å²) >= 11 is 3.75. The van der Waals surface area contributed by atoms with Crippen LogP contribution < -0.4 is 4.90 Å². The zero-order chi connectivity index (χ0) is 32.3. The highest BCUT2D eigenvalue weighted by atomic mass is 32.1. The minimum absolute atomic E-state index is 1.12. The van der Waals surface area contributed by atoms with E-state index in [1.165, 1.54) is 73.4 Å². The van der Waals surface area contributed by atoms with Gasteiger partial charge in [0.2, 0.25) is 0 Å². The molecule has 0 fully saturated rings. The number of para-hydroxylation sites is 1. The second kappa shape index (κ2) is 11.5. The molecule has 2 heterocycles. The number of anilines is 3. The molecule has 0 spiro atoms. The van der Waals surface area contributed by atoms with Gasteiger partial charge in [0.1, 0.15) is 0 Å². The molecule has 0 amide bonds. The normalized spacial score (nSPS) is 11.7. The SMILES string of the molecule is c1ccc(N(c2ccc(-c3cccc4c3sc3ccccc34)cc2)c2cccc3ccccc23)c(-c2cccc3sc4ccccc4c23)c1. The van der Waals surface area contributed by atoms with Crippen molar-refractivity contribution in [3.63, 3.8) is 0 Å². The third-order valence-electron chi connectivity index (χ3n) is 9.69. The van der Waals surface area contributed by atoms with Gasteiger partial charge in [-0.15, -0.1) is 22.7 Å². The Kier molecular flexibility index (Phi) is 6.61. The molecule has 2 aromatic heterocycles. The van der Waals surface area contributed by atoms with E-state index in [0.717, 1.165) is 17.1 Å². The van der Waals surface area contributed by atoms with Crippen molar-refractivity contribution in [2.24, 2.45) is 0 Å². The van der Waals surface area contributed by atoms with E-state index in [-0.39, 0.29) is 0 Å². The van der Waals surface area contributed by atoms with Crippen LogP contribution in [0.25, 0.3) is 73.4 Å². The van der Waals surface area contributed by atoms with Crippen LogP contribution in [0.1, 0.15) is 0 Å². The first-order valence-corrected chi connectivity index (χ1v) is 18.2. The van der Waals surface area contributed by atoms with E-state index in [0.29, 0.717) is 0 Å². The summed E-state index contributed by atoms with van der Waals surface area (Å²) in [6.07, 6.45) is 0. The Morgan fingerprint density at radius 2 is 0.918 bits per heavy atom. The minimum atomic E-state index is 1.12. The van der Waals surface area contributed by atoms with Crippen LogP contribution in [-0.4, -0.2) is 0 Å². The van der Waals surface area contributed by atoms with Gasteiger partial charge in [0.05, 0.1) is 11.4 Å². The van der Waals surface area contributed by atoms with Crippen molar-refractivity contribution in [1.29, 1.82) is 0 Å². The van der Waals surface area contributed by atoms with Gasteiger partial charge < -0.3 is 4.90 Å². The number of nitrogens with zero attached hydrogens (tertiary/aromatic N) is 1. The summed E-state index contributed by atoms with van der Waals surface area (Å²) in [7, 11) is 0. The maximum atomic E-state index is 2.45. The summed E-state index contributed by atoms with van der Waals surface area (Å²) in [5.74, 6) is 0. The highest BCUT2D eigenvalue weighted by Gasteiger charge is 2.21. The zero-order valence-corrected chi connectivity index (χ0v) is 28.1. The molecule has 3 heteroatoms. The van der Waals surface area contributed by atoms with E-state index in [4.69, 9.17) is 0 Å². The Hall–Kier alpha value is -5.74. The first-order valence-electron chi connectivity index (χ1n) is 16.6. The van der Waals surface area contributed by atoms with Gasteiger partial charge in [-0.2, -0.15) is 0 Å². The first kappa shape index (κ1) is 28.3. The molecule has 0 saturated heterocycles. The standard InChI is InChI=1S/C46H29NS2/c1-2-14-33-30(12-1)13-9-22-40(33)47(32-28-26-31(27-29-32)34-18-10-20-38-36-16-4-7-23-42(36)49-46(34)38)41-21-6-3-15-35(41)37-19-11-25-44-45(37)39-17-5-8-24-43(39)48-44/h1-29H. The Labute approximate surface area is 292 Å². The summed E-state index contributed by atoms with van der Waals surface area (Å²) in [4.78, 5) is 2.45. The van der Waals surface area contributed by atoms with Crippen LogP contribution in [0.15, 0.2) is 176 Å². The molecule has 0 radical (unpaired) electrons. The topological polar surface area (TPSA) is 3.24 Å². The molecule has 0 saturated carbocycles. The van der Waals surface area contributed by atoms with Gasteiger partial charge in [-0.1, -0.05) is 133 Å². The molecular weight excluding hydrogens is 631 g/mol. The zero-order valence-electron chi connectivity index (χ0n) is 26.5. The van der Waals surface area contributed by atoms with Gasteiger partial charge in [-0.25, -0.2) is 0 Å². The summed E-state index contributed by atoms with van der Waals surface area (Å²) in [5, 5.41) is 7.72. The number of hydrogen-bond acceptors (Lipinski definition) is 3. The fourth-order valence-corrected chi connectivity index (χ4v) is 9.84. The molecule has 8 aromatic carbocycles. The smallest absolute Gasteiger partial charge is 0.0540 e. The van der Waals surface area contributed by atoms with E-state index in [1.54, 1.807) is 0 Å². The van der Waals surface area contributed by atoms with Gasteiger partial charge in [0.15, 0.2) is 0 Å². The Morgan fingerprint density at radius 3 is 1.80 bits per heavy atom. The summed E-state index contributed by atoms with van der Waals surface area (Å²) in [6, 6.07) is 64.4. The van der Waals surface area contributed by atoms with Gasteiger partial charge in [0, 0.05) is 57.0 Å². The average molecular weight is 660 g/mol. The molecule has 0 unspecified atom stereocenters. The molecule has 0 atom stereocenters. The van der Waals surface area contributed by atoms with Crippen LogP contribution >= 0.6 is 22.7 Å². The monoisotopic (exact) mass is 659 g/mol. The molecule has 49 heavy (non-hydrogen) atoms. The molecule has 0 N–H and O–H groups in total. The van der Waals surface area contributed by atoms with Crippen LogP contribution in [0, 0.1) is 0 Å². The summed E-state index contributed by atoms with van der Waals surface area (Å²) in [6.45, 7) is 0. The molecule has 230 valence electrons. The fourth-order valence-electron chi connectivity index (χ4n) is 7.47. The van der Waals surface area contributed by atoms with Crippen LogP contribution in [0.2, 0.25) is 0 Å². The Bertz CT molecular complexity index is 2830. The lowest BCUT2D eigenvalue weighted by Crippen LogP contribution is -2.11. The third-order valence-corrected chi connectivity index (χ3v) is 12.0. The highest BCUT2D eigenvalue weighted by Crippen LogP contribution is 2.48. The quantitative estimate of drug-likeness (QED) is 0.178. The lowest BCUT2D eigenvalue weighted by molar-refractivity contribution is 1.30. The molecule has 10 aromatic rings. The summed E-state index contributed by atoms with van der Waals surface area (Å²) in [5.41, 5.74) is 8.40. The molecule has 10 rings (SSSR count). The van der Waals surface area contributed by atoms with E-state index in [2.05, 4.69) is 181 Å². The van der Waals surface area contributed by atoms with Crippen molar-refractivity contribution in [2.75, 3.05) is 4.90 Å². The fraction of sp³-hybridized carbons (Fsp3) is 0. The second-order valence-corrected chi connectivity index (χ2v) is 14.6. The van der Waals surface area contributed by atoms with Crippen molar-refractivity contribution in [2.45, 2.75) is 0 Å². The number of fused-ring (bicyclic) bond motifs is 7. The van der Waals surface area contributed by atoms with Crippen LogP contribution in [0.4, 0.5) is 17.1 Å². The molecule has 0 aliphatic heterocycles. The van der Waals surface area contributed by atoms with E-state index in [1.807, 2.05) is 22.7 Å². The average Bonchev–Trinajstić information content (AvgIpc) is 3.74. The predicted molar refractivity (Wildman–Crippen MR) is 215 cm³/mol. The molecule has 0 bridgehead atoms.